The second kappa shape index (κ2) is 5.73. The Kier molecular flexibility index (Phi) is 4.69. The first-order valence-electron chi connectivity index (χ1n) is 6.79. The summed E-state index contributed by atoms with van der Waals surface area (Å²) in [5, 5.41) is 2.85. The monoisotopic (exact) mass is 276 g/mol. The Morgan fingerprint density at radius 2 is 1.70 bits per heavy atom. The number of hydrogen-bond donors (Lipinski definition) is 1. The van der Waals surface area contributed by atoms with Crippen molar-refractivity contribution >= 4 is 17.4 Å². The quantitative estimate of drug-likeness (QED) is 0.922. The number of carbonyl (C=O) groups is 2. The molecule has 0 spiro atoms. The molecule has 1 aromatic rings. The second-order valence-corrected chi connectivity index (χ2v) is 7.09. The Labute approximate surface area is 121 Å². The summed E-state index contributed by atoms with van der Waals surface area (Å²) in [5.74, 6) is 0.0462. The Bertz CT molecular complexity index is 461. The van der Waals surface area contributed by atoms with E-state index in [2.05, 4.69) is 10.3 Å². The maximum atomic E-state index is 12.1. The van der Waals surface area contributed by atoms with Crippen molar-refractivity contribution in [3.05, 3.63) is 24.0 Å². The van der Waals surface area contributed by atoms with Gasteiger partial charge in [0.05, 0.1) is 11.9 Å². The summed E-state index contributed by atoms with van der Waals surface area (Å²) in [5.41, 5.74) is 0.540. The highest BCUT2D eigenvalue weighted by atomic mass is 16.2. The summed E-state index contributed by atoms with van der Waals surface area (Å²) in [7, 11) is 0. The Morgan fingerprint density at radius 3 is 2.20 bits per heavy atom. The third-order valence-corrected chi connectivity index (χ3v) is 3.03. The van der Waals surface area contributed by atoms with Crippen molar-refractivity contribution in [3.8, 4) is 0 Å². The lowest BCUT2D eigenvalue weighted by Crippen LogP contribution is -2.29. The van der Waals surface area contributed by atoms with Gasteiger partial charge in [-0.25, -0.2) is 0 Å². The van der Waals surface area contributed by atoms with Crippen LogP contribution < -0.4 is 5.32 Å². The summed E-state index contributed by atoms with van der Waals surface area (Å²) in [6.45, 7) is 11.2. The van der Waals surface area contributed by atoms with Crippen molar-refractivity contribution < 1.29 is 9.59 Å². The van der Waals surface area contributed by atoms with E-state index in [0.29, 0.717) is 12.1 Å². The maximum absolute atomic E-state index is 12.1. The van der Waals surface area contributed by atoms with Crippen molar-refractivity contribution in [1.82, 2.24) is 4.98 Å². The van der Waals surface area contributed by atoms with Crippen molar-refractivity contribution in [2.75, 3.05) is 5.32 Å². The number of hydrogen-bond acceptors (Lipinski definition) is 3. The van der Waals surface area contributed by atoms with Crippen molar-refractivity contribution in [2.24, 2.45) is 10.8 Å². The van der Waals surface area contributed by atoms with Crippen LogP contribution in [-0.2, 0) is 16.0 Å². The van der Waals surface area contributed by atoms with Gasteiger partial charge in [-0.2, -0.15) is 0 Å². The molecular formula is C16H24N2O2. The molecule has 0 fully saturated rings. The van der Waals surface area contributed by atoms with E-state index in [1.807, 2.05) is 41.5 Å². The summed E-state index contributed by atoms with van der Waals surface area (Å²) in [6.07, 6.45) is 3.53. The van der Waals surface area contributed by atoms with Crippen LogP contribution >= 0.6 is 0 Å². The minimum Gasteiger partial charge on any atom is -0.324 e. The molecule has 0 aromatic carbocycles. The highest BCUT2D eigenvalue weighted by Crippen LogP contribution is 2.23. The number of ketones is 1. The van der Waals surface area contributed by atoms with Crippen LogP contribution in [-0.4, -0.2) is 16.7 Å². The number of pyridine rings is 1. The van der Waals surface area contributed by atoms with Crippen LogP contribution in [0.1, 0.15) is 47.1 Å². The van der Waals surface area contributed by atoms with Crippen LogP contribution in [0.3, 0.4) is 0 Å². The molecule has 0 aliphatic carbocycles. The Morgan fingerprint density at radius 1 is 1.10 bits per heavy atom. The number of carbonyl (C=O) groups excluding carboxylic acids is 2. The molecule has 4 nitrogen and oxygen atoms in total. The molecule has 1 rings (SSSR count). The van der Waals surface area contributed by atoms with E-state index in [1.165, 1.54) is 0 Å². The smallest absolute Gasteiger partial charge is 0.229 e. The predicted molar refractivity (Wildman–Crippen MR) is 80.5 cm³/mol. The van der Waals surface area contributed by atoms with E-state index in [1.54, 1.807) is 18.5 Å². The number of anilines is 1. The molecule has 0 saturated heterocycles. The van der Waals surface area contributed by atoms with Crippen LogP contribution in [0.15, 0.2) is 18.5 Å². The van der Waals surface area contributed by atoms with Crippen molar-refractivity contribution in [3.63, 3.8) is 0 Å². The van der Waals surface area contributed by atoms with Gasteiger partial charge in [0.15, 0.2) is 0 Å². The lowest BCUT2D eigenvalue weighted by molar-refractivity contribution is -0.125. The predicted octanol–water partition coefficient (Wildman–Crippen LogP) is 3.22. The van der Waals surface area contributed by atoms with Gasteiger partial charge in [-0.1, -0.05) is 41.5 Å². The molecule has 20 heavy (non-hydrogen) atoms. The number of nitrogens with zero attached hydrogens (tertiary/aromatic N) is 1. The van der Waals surface area contributed by atoms with Gasteiger partial charge in [-0.05, 0) is 11.6 Å². The average molecular weight is 276 g/mol. The highest BCUT2D eigenvalue weighted by molar-refractivity contribution is 5.96. The first-order valence-corrected chi connectivity index (χ1v) is 6.79. The number of amides is 1. The molecule has 4 heteroatoms. The van der Waals surface area contributed by atoms with Gasteiger partial charge in [0.1, 0.15) is 5.78 Å². The molecule has 0 bridgehead atoms. The molecule has 0 radical (unpaired) electrons. The second-order valence-electron chi connectivity index (χ2n) is 7.09. The van der Waals surface area contributed by atoms with E-state index < -0.39 is 10.8 Å². The molecule has 1 N–H and O–H groups in total. The van der Waals surface area contributed by atoms with E-state index in [9.17, 15) is 9.59 Å². The molecule has 0 aliphatic heterocycles. The minimum absolute atomic E-state index is 0.0880. The SMILES string of the molecule is CC(C)(C)C(=O)Cc1ccncc1NC(=O)C(C)(C)C. The normalized spacial score (nSPS) is 12.1. The molecule has 1 aromatic heterocycles. The number of aromatic nitrogens is 1. The van der Waals surface area contributed by atoms with E-state index in [0.717, 1.165) is 5.56 Å². The topological polar surface area (TPSA) is 59.1 Å². The molecular weight excluding hydrogens is 252 g/mol. The lowest BCUT2D eigenvalue weighted by Gasteiger charge is -2.20. The van der Waals surface area contributed by atoms with Crippen molar-refractivity contribution in [2.45, 2.75) is 48.0 Å². The zero-order valence-corrected chi connectivity index (χ0v) is 13.2. The van der Waals surface area contributed by atoms with Crippen molar-refractivity contribution in [1.29, 1.82) is 0 Å². The number of Topliss-reactive ketones (excluding diaryl/α,β-unsaturated/α-hetero) is 1. The minimum atomic E-state index is -0.485. The van der Waals surface area contributed by atoms with Gasteiger partial charge in [-0.15, -0.1) is 0 Å². The molecule has 0 unspecified atom stereocenters. The largest absolute Gasteiger partial charge is 0.324 e. The van der Waals surface area contributed by atoms with Gasteiger partial charge in [0, 0.05) is 23.4 Å². The molecule has 110 valence electrons. The fourth-order valence-electron chi connectivity index (χ4n) is 1.44. The van der Waals surface area contributed by atoms with Crippen LogP contribution in [0.25, 0.3) is 0 Å². The summed E-state index contributed by atoms with van der Waals surface area (Å²) in [4.78, 5) is 28.2. The molecule has 1 heterocycles. The van der Waals surface area contributed by atoms with E-state index in [4.69, 9.17) is 0 Å². The molecule has 0 aliphatic rings. The van der Waals surface area contributed by atoms with Crippen LogP contribution in [0.5, 0.6) is 0 Å². The summed E-state index contributed by atoms with van der Waals surface area (Å²) < 4.78 is 0. The fourth-order valence-corrected chi connectivity index (χ4v) is 1.44. The summed E-state index contributed by atoms with van der Waals surface area (Å²) in [6, 6.07) is 1.78. The van der Waals surface area contributed by atoms with E-state index in [-0.39, 0.29) is 11.7 Å². The maximum Gasteiger partial charge on any atom is 0.229 e. The Hall–Kier alpha value is -1.71. The van der Waals surface area contributed by atoms with Gasteiger partial charge < -0.3 is 5.32 Å². The first-order chi connectivity index (χ1) is 9.01. The van der Waals surface area contributed by atoms with E-state index >= 15 is 0 Å². The zero-order valence-electron chi connectivity index (χ0n) is 13.2. The molecule has 0 atom stereocenters. The highest BCUT2D eigenvalue weighted by Gasteiger charge is 2.25. The van der Waals surface area contributed by atoms with Gasteiger partial charge >= 0.3 is 0 Å². The zero-order chi connectivity index (χ0) is 15.6. The van der Waals surface area contributed by atoms with Crippen LogP contribution in [0.4, 0.5) is 5.69 Å². The standard InChI is InChI=1S/C16H24N2O2/c1-15(2,3)13(19)9-11-7-8-17-10-12(11)18-14(20)16(4,5)6/h7-8,10H,9H2,1-6H3,(H,18,20). The third kappa shape index (κ3) is 4.44. The summed E-state index contributed by atoms with van der Waals surface area (Å²) >= 11 is 0. The average Bonchev–Trinajstić information content (AvgIpc) is 2.29. The van der Waals surface area contributed by atoms with Crippen LogP contribution in [0, 0.1) is 10.8 Å². The molecule has 0 saturated carbocycles. The Balaban J connectivity index is 2.95. The van der Waals surface area contributed by atoms with Gasteiger partial charge in [-0.3, -0.25) is 14.6 Å². The number of rotatable bonds is 3. The fraction of sp³-hybridized carbons (Fsp3) is 0.562. The number of nitrogens with one attached hydrogen (secondary N) is 1. The first kappa shape index (κ1) is 16.3. The lowest BCUT2D eigenvalue weighted by atomic mass is 9.87. The van der Waals surface area contributed by atoms with Crippen LogP contribution in [0.2, 0.25) is 0 Å². The molecule has 1 amide bonds. The van der Waals surface area contributed by atoms with Gasteiger partial charge in [0.2, 0.25) is 5.91 Å². The van der Waals surface area contributed by atoms with Gasteiger partial charge in [0.25, 0.3) is 0 Å². The third-order valence-electron chi connectivity index (χ3n) is 3.03.